The molecule has 0 bridgehead atoms. The number of aromatic nitrogens is 3. The van der Waals surface area contributed by atoms with E-state index >= 15 is 0 Å². The third kappa shape index (κ3) is 4.95. The lowest BCUT2D eigenvalue weighted by atomic mass is 9.97. The van der Waals surface area contributed by atoms with Crippen molar-refractivity contribution in [3.05, 3.63) is 76.6 Å². The van der Waals surface area contributed by atoms with Gasteiger partial charge in [0.15, 0.2) is 0 Å². The predicted octanol–water partition coefficient (Wildman–Crippen LogP) is 6.79. The molecule has 0 saturated heterocycles. The molecule has 2 aromatic carbocycles. The highest BCUT2D eigenvalue weighted by molar-refractivity contribution is 5.90. The number of rotatable bonds is 8. The predicted molar refractivity (Wildman–Crippen MR) is 134 cm³/mol. The molecule has 5 nitrogen and oxygen atoms in total. The molecule has 0 aliphatic heterocycles. The minimum Gasteiger partial charge on any atom is -0.494 e. The van der Waals surface area contributed by atoms with E-state index in [-0.39, 0.29) is 17.5 Å². The summed E-state index contributed by atoms with van der Waals surface area (Å²) in [6.07, 6.45) is -2.93. The Bertz CT molecular complexity index is 1360. The average Bonchev–Trinajstić information content (AvgIpc) is 3.21. The molecule has 0 aliphatic rings. The molecule has 0 atom stereocenters. The molecule has 0 aliphatic carbocycles. The van der Waals surface area contributed by atoms with E-state index in [1.165, 1.54) is 13.2 Å². The van der Waals surface area contributed by atoms with Crippen LogP contribution in [0.5, 0.6) is 5.75 Å². The summed E-state index contributed by atoms with van der Waals surface area (Å²) < 4.78 is 56.5. The lowest BCUT2D eigenvalue weighted by Gasteiger charge is -2.17. The zero-order valence-electron chi connectivity index (χ0n) is 21.1. The zero-order chi connectivity index (χ0) is 26.0. The first-order chi connectivity index (χ1) is 17.2. The van der Waals surface area contributed by atoms with Crippen LogP contribution < -0.4 is 4.74 Å². The number of alkyl halides is 3. The summed E-state index contributed by atoms with van der Waals surface area (Å²) in [5.41, 5.74) is 2.79. The molecular weight excluding hydrogens is 467 g/mol. The van der Waals surface area contributed by atoms with Crippen LogP contribution in [0, 0.1) is 6.92 Å². The van der Waals surface area contributed by atoms with Gasteiger partial charge in [-0.05, 0) is 41.7 Å². The van der Waals surface area contributed by atoms with Crippen LogP contribution in [0.1, 0.15) is 47.7 Å². The summed E-state index contributed by atoms with van der Waals surface area (Å²) in [7, 11) is 3.02. The highest BCUT2D eigenvalue weighted by Crippen LogP contribution is 2.43. The number of methoxy groups -OCH3 is 2. The van der Waals surface area contributed by atoms with Crippen LogP contribution in [0.3, 0.4) is 0 Å². The number of hydrogen-bond donors (Lipinski definition) is 0. The monoisotopic (exact) mass is 497 g/mol. The normalized spacial score (nSPS) is 12.0. The Kier molecular flexibility index (Phi) is 7.36. The summed E-state index contributed by atoms with van der Waals surface area (Å²) in [4.78, 5) is 8.84. The molecular formula is C28H30F3N3O2. The smallest absolute Gasteiger partial charge is 0.418 e. The maximum atomic E-state index is 14.6. The fourth-order valence-electron chi connectivity index (χ4n) is 4.49. The van der Waals surface area contributed by atoms with E-state index in [9.17, 15) is 13.2 Å². The molecule has 0 fully saturated rings. The largest absolute Gasteiger partial charge is 0.494 e. The van der Waals surface area contributed by atoms with Gasteiger partial charge in [0.1, 0.15) is 22.6 Å². The number of fused-ring (bicyclic) bond motifs is 1. The summed E-state index contributed by atoms with van der Waals surface area (Å²) in [6, 6.07) is 12.8. The molecule has 4 rings (SSSR count). The summed E-state index contributed by atoms with van der Waals surface area (Å²) in [5, 5.41) is 0. The molecule has 190 valence electrons. The van der Waals surface area contributed by atoms with E-state index in [4.69, 9.17) is 9.47 Å². The Morgan fingerprint density at radius 2 is 1.75 bits per heavy atom. The van der Waals surface area contributed by atoms with Gasteiger partial charge in [0.25, 0.3) is 0 Å². The van der Waals surface area contributed by atoms with Crippen molar-refractivity contribution >= 4 is 11.0 Å². The SMILES string of the molecule is COCCn1c(-c2ccc(C(C)C)cc2)nc2c(C(F)(F)F)c(Cc3cccnc3C)cc(OC)c21. The van der Waals surface area contributed by atoms with Gasteiger partial charge in [0.05, 0.1) is 19.3 Å². The van der Waals surface area contributed by atoms with Gasteiger partial charge in [0.2, 0.25) is 0 Å². The number of benzene rings is 2. The molecule has 8 heteroatoms. The molecule has 0 amide bonds. The molecule has 0 unspecified atom stereocenters. The molecule has 0 saturated carbocycles. The molecule has 0 spiro atoms. The second kappa shape index (κ2) is 10.3. The molecule has 36 heavy (non-hydrogen) atoms. The van der Waals surface area contributed by atoms with Gasteiger partial charge in [-0.2, -0.15) is 13.2 Å². The molecule has 0 radical (unpaired) electrons. The van der Waals surface area contributed by atoms with Crippen molar-refractivity contribution in [3.8, 4) is 17.1 Å². The van der Waals surface area contributed by atoms with Crippen molar-refractivity contribution in [3.63, 3.8) is 0 Å². The fraction of sp³-hybridized carbons (Fsp3) is 0.357. The number of pyridine rings is 1. The average molecular weight is 498 g/mol. The lowest BCUT2D eigenvalue weighted by molar-refractivity contribution is -0.137. The van der Waals surface area contributed by atoms with E-state index in [1.54, 1.807) is 36.9 Å². The van der Waals surface area contributed by atoms with Crippen molar-refractivity contribution in [2.24, 2.45) is 0 Å². The third-order valence-electron chi connectivity index (χ3n) is 6.42. The Morgan fingerprint density at radius 1 is 1.03 bits per heavy atom. The second-order valence-electron chi connectivity index (χ2n) is 9.09. The first-order valence-corrected chi connectivity index (χ1v) is 11.8. The number of aryl methyl sites for hydroxylation is 1. The van der Waals surface area contributed by atoms with Crippen molar-refractivity contribution in [1.29, 1.82) is 0 Å². The lowest BCUT2D eigenvalue weighted by Crippen LogP contribution is -2.13. The standard InChI is InChI=1S/C28H30F3N3O2/c1-17(2)19-8-10-20(11-9-19)27-33-25-24(28(29,30)31)22(15-21-7-6-12-32-18(21)3)16-23(36-5)26(25)34(27)13-14-35-4/h6-12,16-17H,13-15H2,1-5H3. The zero-order valence-corrected chi connectivity index (χ0v) is 21.1. The fourth-order valence-corrected chi connectivity index (χ4v) is 4.49. The van der Waals surface area contributed by atoms with Gasteiger partial charge in [-0.3, -0.25) is 4.98 Å². The van der Waals surface area contributed by atoms with Crippen LogP contribution in [0.2, 0.25) is 0 Å². The maximum Gasteiger partial charge on any atom is 0.418 e. The Morgan fingerprint density at radius 3 is 2.33 bits per heavy atom. The molecule has 4 aromatic rings. The summed E-state index contributed by atoms with van der Waals surface area (Å²) in [6.45, 7) is 6.60. The van der Waals surface area contributed by atoms with E-state index in [0.29, 0.717) is 47.4 Å². The van der Waals surface area contributed by atoms with E-state index in [1.807, 2.05) is 24.3 Å². The number of nitrogens with zero attached hydrogens (tertiary/aromatic N) is 3. The number of imidazole rings is 1. The molecule has 0 N–H and O–H groups in total. The minimum atomic E-state index is -4.62. The van der Waals surface area contributed by atoms with Crippen LogP contribution in [-0.4, -0.2) is 35.4 Å². The van der Waals surface area contributed by atoms with Crippen molar-refractivity contribution in [2.45, 2.75) is 45.8 Å². The maximum absolute atomic E-state index is 14.6. The highest BCUT2D eigenvalue weighted by atomic mass is 19.4. The van der Waals surface area contributed by atoms with Crippen LogP contribution >= 0.6 is 0 Å². The molecule has 2 aromatic heterocycles. The van der Waals surface area contributed by atoms with Gasteiger partial charge in [-0.25, -0.2) is 4.98 Å². The van der Waals surface area contributed by atoms with E-state index < -0.39 is 11.7 Å². The summed E-state index contributed by atoms with van der Waals surface area (Å²) >= 11 is 0. The first kappa shape index (κ1) is 25.7. The third-order valence-corrected chi connectivity index (χ3v) is 6.42. The van der Waals surface area contributed by atoms with Gasteiger partial charge in [-0.1, -0.05) is 44.2 Å². The quantitative estimate of drug-likeness (QED) is 0.269. The minimum absolute atomic E-state index is 0.0597. The first-order valence-electron chi connectivity index (χ1n) is 11.8. The summed E-state index contributed by atoms with van der Waals surface area (Å²) in [5.74, 6) is 1.11. The van der Waals surface area contributed by atoms with E-state index in [2.05, 4.69) is 23.8 Å². The Labute approximate surface area is 208 Å². The number of halogens is 3. The van der Waals surface area contributed by atoms with Gasteiger partial charge < -0.3 is 14.0 Å². The van der Waals surface area contributed by atoms with E-state index in [0.717, 1.165) is 11.1 Å². The van der Waals surface area contributed by atoms with Crippen molar-refractivity contribution < 1.29 is 22.6 Å². The number of hydrogen-bond acceptors (Lipinski definition) is 4. The van der Waals surface area contributed by atoms with Crippen LogP contribution in [0.15, 0.2) is 48.7 Å². The Balaban J connectivity index is 2.01. The molecule has 2 heterocycles. The van der Waals surface area contributed by atoms with Gasteiger partial charge in [-0.15, -0.1) is 0 Å². The van der Waals surface area contributed by atoms with Gasteiger partial charge >= 0.3 is 6.18 Å². The van der Waals surface area contributed by atoms with Crippen LogP contribution in [0.4, 0.5) is 13.2 Å². The highest BCUT2D eigenvalue weighted by Gasteiger charge is 2.39. The van der Waals surface area contributed by atoms with Gasteiger partial charge in [0, 0.05) is 37.5 Å². The van der Waals surface area contributed by atoms with Crippen molar-refractivity contribution in [2.75, 3.05) is 20.8 Å². The topological polar surface area (TPSA) is 49.2 Å². The van der Waals surface area contributed by atoms with Crippen LogP contribution in [0.25, 0.3) is 22.4 Å². The van der Waals surface area contributed by atoms with Crippen molar-refractivity contribution in [1.82, 2.24) is 14.5 Å². The Hall–Kier alpha value is -3.39. The number of ether oxygens (including phenoxy) is 2. The van der Waals surface area contributed by atoms with Crippen LogP contribution in [-0.2, 0) is 23.9 Å². The second-order valence-corrected chi connectivity index (χ2v) is 9.09.